The molecule has 0 aliphatic carbocycles. The van der Waals surface area contributed by atoms with Gasteiger partial charge >= 0.3 is 11.4 Å². The fraction of sp³-hybridized carbons (Fsp3) is 0.111. The van der Waals surface area contributed by atoms with Crippen molar-refractivity contribution in [2.45, 2.75) is 13.8 Å². The van der Waals surface area contributed by atoms with Crippen molar-refractivity contribution in [1.82, 2.24) is 0 Å². The molecule has 8 heteroatoms. The number of anilines is 2. The quantitative estimate of drug-likeness (QED) is 0.441. The van der Waals surface area contributed by atoms with Crippen LogP contribution in [0, 0.1) is 34.1 Å². The summed E-state index contributed by atoms with van der Waals surface area (Å²) in [4.78, 5) is 21.1. The van der Waals surface area contributed by atoms with Gasteiger partial charge in [-0.25, -0.2) is 0 Å². The van der Waals surface area contributed by atoms with Gasteiger partial charge in [0.05, 0.1) is 22.2 Å². The number of nitro groups is 2. The first kappa shape index (κ1) is 18.7. The molecule has 0 saturated heterocycles. The van der Waals surface area contributed by atoms with Crippen molar-refractivity contribution in [2.75, 3.05) is 10.6 Å². The van der Waals surface area contributed by atoms with Gasteiger partial charge in [-0.1, -0.05) is 24.3 Å². The molecular formula is C18H18N4O4. The first-order chi connectivity index (χ1) is 12.4. The highest BCUT2D eigenvalue weighted by Crippen LogP contribution is 2.16. The number of hydrogen-bond donors (Lipinski definition) is 2. The Morgan fingerprint density at radius 3 is 1.50 bits per heavy atom. The highest BCUT2D eigenvalue weighted by Gasteiger charge is 2.29. The minimum absolute atomic E-state index is 0.596. The van der Waals surface area contributed by atoms with Crippen molar-refractivity contribution >= 4 is 11.4 Å². The van der Waals surface area contributed by atoms with Crippen LogP contribution in [0.4, 0.5) is 11.4 Å². The van der Waals surface area contributed by atoms with Crippen LogP contribution in [-0.4, -0.2) is 9.85 Å². The second-order valence-electron chi connectivity index (χ2n) is 5.60. The van der Waals surface area contributed by atoms with Gasteiger partial charge in [-0.2, -0.15) is 0 Å². The van der Waals surface area contributed by atoms with Crippen molar-refractivity contribution in [3.63, 3.8) is 0 Å². The van der Waals surface area contributed by atoms with Crippen molar-refractivity contribution < 1.29 is 9.85 Å². The molecule has 26 heavy (non-hydrogen) atoms. The van der Waals surface area contributed by atoms with Gasteiger partial charge in [0, 0.05) is 11.4 Å². The molecule has 0 spiro atoms. The molecule has 2 aromatic rings. The van der Waals surface area contributed by atoms with E-state index in [1.807, 2.05) is 26.0 Å². The molecule has 0 amide bonds. The zero-order valence-corrected chi connectivity index (χ0v) is 14.3. The van der Waals surface area contributed by atoms with Gasteiger partial charge in [0.25, 0.3) is 0 Å². The normalized spacial score (nSPS) is 11.8. The van der Waals surface area contributed by atoms with Crippen LogP contribution in [0.5, 0.6) is 0 Å². The maximum atomic E-state index is 11.3. The summed E-state index contributed by atoms with van der Waals surface area (Å²) in [5.41, 5.74) is 1.79. The van der Waals surface area contributed by atoms with Crippen LogP contribution < -0.4 is 10.6 Å². The lowest BCUT2D eigenvalue weighted by Gasteiger charge is -2.04. The highest BCUT2D eigenvalue weighted by atomic mass is 16.6. The molecule has 0 saturated carbocycles. The predicted octanol–water partition coefficient (Wildman–Crippen LogP) is 4.06. The minimum atomic E-state index is -0.796. The van der Waals surface area contributed by atoms with Gasteiger partial charge < -0.3 is 10.6 Å². The van der Waals surface area contributed by atoms with E-state index in [9.17, 15) is 20.2 Å². The van der Waals surface area contributed by atoms with Crippen LogP contribution in [0.25, 0.3) is 0 Å². The van der Waals surface area contributed by atoms with E-state index < -0.39 is 21.2 Å². The zero-order chi connectivity index (χ0) is 19.1. The van der Waals surface area contributed by atoms with Crippen molar-refractivity contribution in [1.29, 1.82) is 0 Å². The van der Waals surface area contributed by atoms with E-state index in [-0.39, 0.29) is 0 Å². The summed E-state index contributed by atoms with van der Waals surface area (Å²) in [6.45, 7) is 3.74. The second kappa shape index (κ2) is 8.43. The Kier molecular flexibility index (Phi) is 6.05. The third-order valence-corrected chi connectivity index (χ3v) is 3.44. The lowest BCUT2D eigenvalue weighted by molar-refractivity contribution is -0.479. The summed E-state index contributed by atoms with van der Waals surface area (Å²) in [5.74, 6) is 0. The largest absolute Gasteiger partial charge is 0.363 e. The average Bonchev–Trinajstić information content (AvgIpc) is 2.57. The SMILES string of the molecule is Cc1cccc(N/C=C(/C(=C/Nc2cccc(C)c2)[N+](=O)[O-])[N+](=O)[O-])c1. The molecule has 134 valence electrons. The minimum Gasteiger partial charge on any atom is -0.356 e. The van der Waals surface area contributed by atoms with Crippen LogP contribution in [-0.2, 0) is 0 Å². The molecule has 2 rings (SSSR count). The van der Waals surface area contributed by atoms with E-state index >= 15 is 0 Å². The third kappa shape index (κ3) is 5.17. The molecule has 0 aliphatic heterocycles. The lowest BCUT2D eigenvalue weighted by atomic mass is 10.2. The predicted molar refractivity (Wildman–Crippen MR) is 99.8 cm³/mol. The van der Waals surface area contributed by atoms with Crippen LogP contribution in [0.1, 0.15) is 11.1 Å². The van der Waals surface area contributed by atoms with Gasteiger partial charge in [-0.05, 0) is 49.2 Å². The van der Waals surface area contributed by atoms with Crippen molar-refractivity contribution in [2.24, 2.45) is 0 Å². The molecular weight excluding hydrogens is 336 g/mol. The Bertz CT molecular complexity index is 817. The third-order valence-electron chi connectivity index (χ3n) is 3.44. The summed E-state index contributed by atoms with van der Waals surface area (Å²) in [7, 11) is 0. The van der Waals surface area contributed by atoms with E-state index in [1.165, 1.54) is 0 Å². The Labute approximate surface area is 150 Å². The number of aryl methyl sites for hydroxylation is 2. The molecule has 0 aliphatic rings. The molecule has 0 bridgehead atoms. The number of benzene rings is 2. The fourth-order valence-electron chi connectivity index (χ4n) is 2.21. The summed E-state index contributed by atoms with van der Waals surface area (Å²) >= 11 is 0. The maximum absolute atomic E-state index is 11.3. The second-order valence-corrected chi connectivity index (χ2v) is 5.60. The van der Waals surface area contributed by atoms with E-state index in [1.54, 1.807) is 36.4 Å². The van der Waals surface area contributed by atoms with Crippen LogP contribution in [0.15, 0.2) is 72.3 Å². The average molecular weight is 354 g/mol. The summed E-state index contributed by atoms with van der Waals surface area (Å²) in [5, 5.41) is 28.1. The number of hydrogen-bond acceptors (Lipinski definition) is 6. The van der Waals surface area contributed by atoms with E-state index in [0.717, 1.165) is 23.5 Å². The van der Waals surface area contributed by atoms with Crippen LogP contribution in [0.3, 0.4) is 0 Å². The molecule has 2 N–H and O–H groups in total. The fourth-order valence-corrected chi connectivity index (χ4v) is 2.21. The molecule has 0 fully saturated rings. The standard InChI is InChI=1S/C18H18N4O4/c1-13-5-3-7-15(9-13)19-11-17(21(23)24)18(22(25)26)12-20-16-8-4-6-14(2)10-16/h3-12,19-20H,1-2H3/b17-11-,18-12-. The van der Waals surface area contributed by atoms with E-state index in [2.05, 4.69) is 10.6 Å². The van der Waals surface area contributed by atoms with Gasteiger partial charge in [-0.3, -0.25) is 20.2 Å². The van der Waals surface area contributed by atoms with Crippen molar-refractivity contribution in [3.05, 3.63) is 104 Å². The van der Waals surface area contributed by atoms with E-state index in [4.69, 9.17) is 0 Å². The summed E-state index contributed by atoms with van der Waals surface area (Å²) < 4.78 is 0. The first-order valence-corrected chi connectivity index (χ1v) is 7.72. The molecule has 0 unspecified atom stereocenters. The monoisotopic (exact) mass is 354 g/mol. The Morgan fingerprint density at radius 2 is 1.19 bits per heavy atom. The van der Waals surface area contributed by atoms with Gasteiger partial charge in [0.15, 0.2) is 0 Å². The van der Waals surface area contributed by atoms with Gasteiger partial charge in [0.2, 0.25) is 0 Å². The molecule has 0 heterocycles. The summed E-state index contributed by atoms with van der Waals surface area (Å²) in [6.07, 6.45) is 2.03. The van der Waals surface area contributed by atoms with Gasteiger partial charge in [-0.15, -0.1) is 0 Å². The molecule has 0 atom stereocenters. The Balaban J connectivity index is 2.30. The number of rotatable bonds is 7. The first-order valence-electron chi connectivity index (χ1n) is 7.72. The smallest absolute Gasteiger partial charge is 0.356 e. The molecule has 0 radical (unpaired) electrons. The summed E-state index contributed by atoms with van der Waals surface area (Å²) in [6, 6.07) is 14.3. The van der Waals surface area contributed by atoms with Gasteiger partial charge in [0.1, 0.15) is 0 Å². The van der Waals surface area contributed by atoms with Crippen LogP contribution in [0.2, 0.25) is 0 Å². The molecule has 8 nitrogen and oxygen atoms in total. The molecule has 2 aromatic carbocycles. The molecule has 0 aromatic heterocycles. The topological polar surface area (TPSA) is 110 Å². The highest BCUT2D eigenvalue weighted by molar-refractivity contribution is 5.50. The maximum Gasteiger partial charge on any atom is 0.363 e. The Morgan fingerprint density at radius 1 is 0.808 bits per heavy atom. The Hall–Kier alpha value is -3.68. The van der Waals surface area contributed by atoms with Crippen LogP contribution >= 0.6 is 0 Å². The van der Waals surface area contributed by atoms with E-state index in [0.29, 0.717) is 11.4 Å². The number of nitrogens with one attached hydrogen (secondary N) is 2. The zero-order valence-electron chi connectivity index (χ0n) is 14.3. The number of nitrogens with zero attached hydrogens (tertiary/aromatic N) is 2. The lowest BCUT2D eigenvalue weighted by Crippen LogP contribution is -2.13. The van der Waals surface area contributed by atoms with Crippen molar-refractivity contribution in [3.8, 4) is 0 Å².